The number of hydrogen-bond acceptors (Lipinski definition) is 2. The van der Waals surface area contributed by atoms with Crippen LogP contribution in [-0.2, 0) is 0 Å². The summed E-state index contributed by atoms with van der Waals surface area (Å²) in [4.78, 5) is 6.89. The van der Waals surface area contributed by atoms with Crippen molar-refractivity contribution in [3.05, 3.63) is 18.2 Å². The maximum Gasteiger partial charge on any atom is 0.0921 e. The van der Waals surface area contributed by atoms with Gasteiger partial charge in [-0.15, -0.1) is 0 Å². The molecule has 0 aromatic carbocycles. The number of nitrogens with one attached hydrogen (secondary N) is 1. The van der Waals surface area contributed by atoms with Crippen LogP contribution in [-0.4, -0.2) is 9.97 Å². The third-order valence-corrected chi connectivity index (χ3v) is 1.88. The largest absolute Gasteiger partial charge is 0.348 e. The summed E-state index contributed by atoms with van der Waals surface area (Å²) in [6, 6.07) is 2.23. The van der Waals surface area contributed by atoms with E-state index >= 15 is 0 Å². The van der Waals surface area contributed by atoms with Crippen molar-refractivity contribution in [1.82, 2.24) is 9.97 Å². The van der Waals surface area contributed by atoms with Crippen molar-refractivity contribution in [2.75, 3.05) is 0 Å². The Hall–Kier alpha value is -1.30. The fourth-order valence-electron chi connectivity index (χ4n) is 1.15. The Kier molecular flexibility index (Phi) is 1.01. The second-order valence-corrected chi connectivity index (χ2v) is 2.58. The molecule has 0 radical (unpaired) electrons. The molecule has 0 saturated heterocycles. The quantitative estimate of drug-likeness (QED) is 0.622. The average Bonchev–Trinajstić information content (AvgIpc) is 2.56. The van der Waals surface area contributed by atoms with Crippen LogP contribution in [0.2, 0.25) is 0 Å². The molecule has 1 heterocycles. The van der Waals surface area contributed by atoms with E-state index in [0.29, 0.717) is 5.92 Å². The normalized spacial score (nSPS) is 29.5. The van der Waals surface area contributed by atoms with Gasteiger partial charge in [0.2, 0.25) is 0 Å². The Balaban J connectivity index is 2.13. The molecular formula is C7H7N3. The Bertz CT molecular complexity index is 257. The molecule has 10 heavy (non-hydrogen) atoms. The second-order valence-electron chi connectivity index (χ2n) is 2.58. The molecule has 1 saturated carbocycles. The number of imidazole rings is 1. The molecule has 2 rings (SSSR count). The van der Waals surface area contributed by atoms with E-state index < -0.39 is 0 Å². The standard InChI is InChI=1S/C7H7N3/c8-2-5-1-6(5)7-3-9-4-10-7/h3-6H,1H2,(H,9,10)/t5-,6+/m0/s1. The number of nitriles is 1. The Morgan fingerprint density at radius 1 is 1.80 bits per heavy atom. The molecule has 2 atom stereocenters. The van der Waals surface area contributed by atoms with E-state index in [2.05, 4.69) is 16.0 Å². The molecule has 3 nitrogen and oxygen atoms in total. The number of hydrogen-bond donors (Lipinski definition) is 1. The van der Waals surface area contributed by atoms with Crippen LogP contribution in [0.5, 0.6) is 0 Å². The highest BCUT2D eigenvalue weighted by Gasteiger charge is 2.39. The highest BCUT2D eigenvalue weighted by atomic mass is 14.9. The molecule has 1 fully saturated rings. The summed E-state index contributed by atoms with van der Waals surface area (Å²) in [5.41, 5.74) is 1.10. The van der Waals surface area contributed by atoms with Gasteiger partial charge in [0, 0.05) is 17.8 Å². The fraction of sp³-hybridized carbons (Fsp3) is 0.429. The van der Waals surface area contributed by atoms with Crippen molar-refractivity contribution < 1.29 is 0 Å². The van der Waals surface area contributed by atoms with Crippen LogP contribution in [0.4, 0.5) is 0 Å². The SMILES string of the molecule is N#C[C@@H]1C[C@H]1c1cnc[nH]1. The van der Waals surface area contributed by atoms with Crippen LogP contribution >= 0.6 is 0 Å². The van der Waals surface area contributed by atoms with Gasteiger partial charge in [-0.1, -0.05) is 0 Å². The Morgan fingerprint density at radius 3 is 3.20 bits per heavy atom. The second kappa shape index (κ2) is 1.84. The number of aromatic amines is 1. The van der Waals surface area contributed by atoms with Crippen molar-refractivity contribution in [2.24, 2.45) is 5.92 Å². The monoisotopic (exact) mass is 133 g/mol. The van der Waals surface area contributed by atoms with E-state index in [0.717, 1.165) is 12.1 Å². The van der Waals surface area contributed by atoms with Gasteiger partial charge < -0.3 is 4.98 Å². The van der Waals surface area contributed by atoms with Crippen molar-refractivity contribution >= 4 is 0 Å². The summed E-state index contributed by atoms with van der Waals surface area (Å²) in [5.74, 6) is 0.674. The molecule has 0 amide bonds. The molecule has 0 unspecified atom stereocenters. The lowest BCUT2D eigenvalue weighted by Gasteiger charge is -1.85. The van der Waals surface area contributed by atoms with Gasteiger partial charge in [-0.05, 0) is 6.42 Å². The van der Waals surface area contributed by atoms with Crippen LogP contribution in [0.3, 0.4) is 0 Å². The maximum absolute atomic E-state index is 8.49. The van der Waals surface area contributed by atoms with Crippen LogP contribution in [0.1, 0.15) is 18.0 Å². The zero-order valence-electron chi connectivity index (χ0n) is 5.41. The lowest BCUT2D eigenvalue weighted by molar-refractivity contribution is 0.978. The summed E-state index contributed by atoms with van der Waals surface area (Å²) in [6.45, 7) is 0. The third-order valence-electron chi connectivity index (χ3n) is 1.88. The first-order valence-corrected chi connectivity index (χ1v) is 3.29. The van der Waals surface area contributed by atoms with Gasteiger partial charge in [-0.3, -0.25) is 0 Å². The minimum absolute atomic E-state index is 0.237. The predicted molar refractivity (Wildman–Crippen MR) is 35.0 cm³/mol. The maximum atomic E-state index is 8.49. The molecule has 1 N–H and O–H groups in total. The van der Waals surface area contributed by atoms with E-state index in [1.165, 1.54) is 0 Å². The number of aromatic nitrogens is 2. The lowest BCUT2D eigenvalue weighted by Crippen LogP contribution is -1.79. The average molecular weight is 133 g/mol. The van der Waals surface area contributed by atoms with Gasteiger partial charge in [-0.2, -0.15) is 5.26 Å². The number of nitrogens with zero attached hydrogens (tertiary/aromatic N) is 2. The molecule has 1 aromatic heterocycles. The van der Waals surface area contributed by atoms with Crippen molar-refractivity contribution in [3.63, 3.8) is 0 Å². The summed E-state index contributed by atoms with van der Waals surface area (Å²) >= 11 is 0. The van der Waals surface area contributed by atoms with E-state index in [-0.39, 0.29) is 5.92 Å². The predicted octanol–water partition coefficient (Wildman–Crippen LogP) is 1.04. The topological polar surface area (TPSA) is 52.5 Å². The van der Waals surface area contributed by atoms with Crippen LogP contribution in [0, 0.1) is 17.2 Å². The minimum Gasteiger partial charge on any atom is -0.348 e. The molecule has 1 aromatic rings. The lowest BCUT2D eigenvalue weighted by atomic mass is 10.3. The van der Waals surface area contributed by atoms with Gasteiger partial charge in [-0.25, -0.2) is 4.98 Å². The third kappa shape index (κ3) is 0.695. The van der Waals surface area contributed by atoms with Crippen LogP contribution in [0.25, 0.3) is 0 Å². The van der Waals surface area contributed by atoms with Gasteiger partial charge in [0.1, 0.15) is 0 Å². The van der Waals surface area contributed by atoms with Gasteiger partial charge >= 0.3 is 0 Å². The Morgan fingerprint density at radius 2 is 2.70 bits per heavy atom. The van der Waals surface area contributed by atoms with E-state index in [9.17, 15) is 0 Å². The molecular weight excluding hydrogens is 126 g/mol. The zero-order chi connectivity index (χ0) is 6.97. The summed E-state index contributed by atoms with van der Waals surface area (Å²) in [5, 5.41) is 8.49. The number of H-pyrrole nitrogens is 1. The molecule has 0 spiro atoms. The molecule has 50 valence electrons. The van der Waals surface area contributed by atoms with Gasteiger partial charge in [0.05, 0.1) is 18.3 Å². The van der Waals surface area contributed by atoms with Crippen LogP contribution in [0.15, 0.2) is 12.5 Å². The van der Waals surface area contributed by atoms with Gasteiger partial charge in [0.25, 0.3) is 0 Å². The van der Waals surface area contributed by atoms with E-state index in [1.807, 2.05) is 0 Å². The number of rotatable bonds is 1. The van der Waals surface area contributed by atoms with Gasteiger partial charge in [0.15, 0.2) is 0 Å². The highest BCUT2D eigenvalue weighted by Crippen LogP contribution is 2.45. The van der Waals surface area contributed by atoms with Crippen LogP contribution < -0.4 is 0 Å². The first-order valence-electron chi connectivity index (χ1n) is 3.29. The van der Waals surface area contributed by atoms with Crippen molar-refractivity contribution in [1.29, 1.82) is 5.26 Å². The summed E-state index contributed by atoms with van der Waals surface area (Å²) in [7, 11) is 0. The zero-order valence-corrected chi connectivity index (χ0v) is 5.41. The van der Waals surface area contributed by atoms with E-state index in [1.54, 1.807) is 12.5 Å². The minimum atomic E-state index is 0.237. The highest BCUT2D eigenvalue weighted by molar-refractivity contribution is 5.20. The smallest absolute Gasteiger partial charge is 0.0921 e. The molecule has 1 aliphatic carbocycles. The molecule has 0 bridgehead atoms. The summed E-state index contributed by atoms with van der Waals surface area (Å²) < 4.78 is 0. The molecule has 0 aliphatic heterocycles. The van der Waals surface area contributed by atoms with E-state index in [4.69, 9.17) is 5.26 Å². The Labute approximate surface area is 58.7 Å². The van der Waals surface area contributed by atoms with Crippen molar-refractivity contribution in [2.45, 2.75) is 12.3 Å². The summed E-state index contributed by atoms with van der Waals surface area (Å²) in [6.07, 6.45) is 4.45. The van der Waals surface area contributed by atoms with Crippen molar-refractivity contribution in [3.8, 4) is 6.07 Å². The fourth-order valence-corrected chi connectivity index (χ4v) is 1.15. The first kappa shape index (κ1) is 5.48. The molecule has 3 heteroatoms. The molecule has 1 aliphatic rings. The first-order chi connectivity index (χ1) is 4.92.